The second kappa shape index (κ2) is 6.68. The number of hydrogen-bond acceptors (Lipinski definition) is 3. The average Bonchev–Trinajstić information content (AvgIpc) is 2.49. The molecular weight excluding hydrogens is 257 g/mol. The molecule has 0 aliphatic carbocycles. The van der Waals surface area contributed by atoms with E-state index >= 15 is 0 Å². The van der Waals surface area contributed by atoms with Crippen LogP contribution in [0.1, 0.15) is 16.7 Å². The molecule has 5 heteroatoms. The van der Waals surface area contributed by atoms with Crippen molar-refractivity contribution >= 4 is 5.84 Å². The van der Waals surface area contributed by atoms with E-state index < -0.39 is 0 Å². The number of halogens is 1. The standard InChI is InChI=1S/C15H16FN3O/c16-14-7-2-1-5-13(14)10-18-9-11-4-3-6-12(8-11)15(17)19-20/h1-8,18,20H,9-10H2,(H2,17,19). The minimum atomic E-state index is -0.217. The summed E-state index contributed by atoms with van der Waals surface area (Å²) in [4.78, 5) is 0. The van der Waals surface area contributed by atoms with Gasteiger partial charge in [0.1, 0.15) is 5.82 Å². The molecule has 0 spiro atoms. The van der Waals surface area contributed by atoms with Gasteiger partial charge in [-0.1, -0.05) is 41.6 Å². The van der Waals surface area contributed by atoms with Crippen molar-refractivity contribution in [2.75, 3.05) is 0 Å². The number of hydrogen-bond donors (Lipinski definition) is 3. The fraction of sp³-hybridized carbons (Fsp3) is 0.133. The van der Waals surface area contributed by atoms with Crippen LogP contribution in [0.25, 0.3) is 0 Å². The molecular formula is C15H16FN3O. The molecule has 0 heterocycles. The molecule has 0 amide bonds. The van der Waals surface area contributed by atoms with Crippen LogP contribution in [0.15, 0.2) is 53.7 Å². The van der Waals surface area contributed by atoms with Crippen LogP contribution in [0.5, 0.6) is 0 Å². The molecule has 0 aliphatic heterocycles. The molecule has 0 aromatic heterocycles. The van der Waals surface area contributed by atoms with Gasteiger partial charge in [-0.15, -0.1) is 0 Å². The van der Waals surface area contributed by atoms with E-state index in [1.165, 1.54) is 6.07 Å². The van der Waals surface area contributed by atoms with Crippen molar-refractivity contribution in [2.24, 2.45) is 10.9 Å². The average molecular weight is 273 g/mol. The maximum atomic E-state index is 13.4. The molecule has 0 atom stereocenters. The molecule has 20 heavy (non-hydrogen) atoms. The lowest BCUT2D eigenvalue weighted by Crippen LogP contribution is -2.16. The molecule has 4 nitrogen and oxygen atoms in total. The monoisotopic (exact) mass is 273 g/mol. The van der Waals surface area contributed by atoms with Gasteiger partial charge in [0, 0.05) is 24.2 Å². The Labute approximate surface area is 116 Å². The summed E-state index contributed by atoms with van der Waals surface area (Å²) in [7, 11) is 0. The van der Waals surface area contributed by atoms with E-state index in [0.29, 0.717) is 24.2 Å². The van der Waals surface area contributed by atoms with E-state index in [-0.39, 0.29) is 11.7 Å². The molecule has 2 aromatic carbocycles. The van der Waals surface area contributed by atoms with Crippen LogP contribution in [0.4, 0.5) is 4.39 Å². The van der Waals surface area contributed by atoms with Crippen LogP contribution in [0.3, 0.4) is 0 Å². The largest absolute Gasteiger partial charge is 0.409 e. The van der Waals surface area contributed by atoms with Gasteiger partial charge < -0.3 is 16.3 Å². The lowest BCUT2D eigenvalue weighted by atomic mass is 10.1. The van der Waals surface area contributed by atoms with Gasteiger partial charge in [0.15, 0.2) is 5.84 Å². The summed E-state index contributed by atoms with van der Waals surface area (Å²) in [5.74, 6) is -0.147. The Morgan fingerprint density at radius 1 is 1.15 bits per heavy atom. The third-order valence-electron chi connectivity index (χ3n) is 2.93. The van der Waals surface area contributed by atoms with Gasteiger partial charge in [0.2, 0.25) is 0 Å². The van der Waals surface area contributed by atoms with Crippen molar-refractivity contribution in [2.45, 2.75) is 13.1 Å². The molecule has 0 fully saturated rings. The quantitative estimate of drug-likeness (QED) is 0.338. The zero-order valence-electron chi connectivity index (χ0n) is 10.9. The van der Waals surface area contributed by atoms with Crippen LogP contribution in [-0.2, 0) is 13.1 Å². The van der Waals surface area contributed by atoms with E-state index in [4.69, 9.17) is 10.9 Å². The third-order valence-corrected chi connectivity index (χ3v) is 2.93. The maximum Gasteiger partial charge on any atom is 0.170 e. The molecule has 2 rings (SSSR count). The number of nitrogens with two attached hydrogens (primary N) is 1. The van der Waals surface area contributed by atoms with Crippen LogP contribution in [0.2, 0.25) is 0 Å². The summed E-state index contributed by atoms with van der Waals surface area (Å²) in [6, 6.07) is 14.0. The van der Waals surface area contributed by atoms with Gasteiger partial charge in [-0.3, -0.25) is 0 Å². The highest BCUT2D eigenvalue weighted by molar-refractivity contribution is 5.97. The molecule has 0 saturated carbocycles. The first-order valence-electron chi connectivity index (χ1n) is 6.21. The first kappa shape index (κ1) is 14.0. The zero-order valence-corrected chi connectivity index (χ0v) is 10.9. The number of rotatable bonds is 5. The number of benzene rings is 2. The summed E-state index contributed by atoms with van der Waals surface area (Å²) < 4.78 is 13.4. The molecule has 0 saturated heterocycles. The fourth-order valence-corrected chi connectivity index (χ4v) is 1.88. The molecule has 0 radical (unpaired) electrons. The van der Waals surface area contributed by atoms with Gasteiger partial charge in [-0.2, -0.15) is 0 Å². The number of amidine groups is 1. The van der Waals surface area contributed by atoms with E-state index in [0.717, 1.165) is 5.56 Å². The van der Waals surface area contributed by atoms with Crippen molar-refractivity contribution in [1.29, 1.82) is 0 Å². The van der Waals surface area contributed by atoms with Gasteiger partial charge >= 0.3 is 0 Å². The third kappa shape index (κ3) is 3.55. The Balaban J connectivity index is 1.96. The SMILES string of the molecule is NC(=NO)c1cccc(CNCc2ccccc2F)c1. The minimum Gasteiger partial charge on any atom is -0.409 e. The Morgan fingerprint density at radius 2 is 1.95 bits per heavy atom. The molecule has 4 N–H and O–H groups in total. The van der Waals surface area contributed by atoms with Crippen molar-refractivity contribution in [3.8, 4) is 0 Å². The first-order chi connectivity index (χ1) is 9.70. The summed E-state index contributed by atoms with van der Waals surface area (Å²) in [6.07, 6.45) is 0. The van der Waals surface area contributed by atoms with Gasteiger partial charge in [-0.25, -0.2) is 4.39 Å². The van der Waals surface area contributed by atoms with E-state index in [9.17, 15) is 4.39 Å². The van der Waals surface area contributed by atoms with Crippen LogP contribution in [-0.4, -0.2) is 11.0 Å². The highest BCUT2D eigenvalue weighted by atomic mass is 19.1. The van der Waals surface area contributed by atoms with E-state index in [2.05, 4.69) is 10.5 Å². The summed E-state index contributed by atoms with van der Waals surface area (Å²) >= 11 is 0. The second-order valence-corrected chi connectivity index (χ2v) is 4.38. The normalized spacial score (nSPS) is 11.6. The van der Waals surface area contributed by atoms with Gasteiger partial charge in [-0.05, 0) is 17.7 Å². The minimum absolute atomic E-state index is 0.0703. The smallest absolute Gasteiger partial charge is 0.170 e. The van der Waals surface area contributed by atoms with Gasteiger partial charge in [0.25, 0.3) is 0 Å². The molecule has 104 valence electrons. The fourth-order valence-electron chi connectivity index (χ4n) is 1.88. The Morgan fingerprint density at radius 3 is 2.70 bits per heavy atom. The van der Waals surface area contributed by atoms with Crippen molar-refractivity contribution in [3.05, 3.63) is 71.0 Å². The Kier molecular flexibility index (Phi) is 4.68. The molecule has 0 bridgehead atoms. The van der Waals surface area contributed by atoms with Crippen molar-refractivity contribution in [1.82, 2.24) is 5.32 Å². The lowest BCUT2D eigenvalue weighted by molar-refractivity contribution is 0.318. The van der Waals surface area contributed by atoms with Crippen LogP contribution >= 0.6 is 0 Å². The summed E-state index contributed by atoms with van der Waals surface area (Å²) in [5, 5.41) is 14.8. The Bertz CT molecular complexity index is 614. The Hall–Kier alpha value is -2.40. The van der Waals surface area contributed by atoms with Crippen LogP contribution < -0.4 is 11.1 Å². The molecule has 0 aliphatic rings. The second-order valence-electron chi connectivity index (χ2n) is 4.38. The number of nitrogens with zero attached hydrogens (tertiary/aromatic N) is 1. The topological polar surface area (TPSA) is 70.6 Å². The predicted molar refractivity (Wildman–Crippen MR) is 75.9 cm³/mol. The lowest BCUT2D eigenvalue weighted by Gasteiger charge is -2.07. The molecule has 2 aromatic rings. The summed E-state index contributed by atoms with van der Waals surface area (Å²) in [6.45, 7) is 1.02. The zero-order chi connectivity index (χ0) is 14.4. The highest BCUT2D eigenvalue weighted by Crippen LogP contribution is 2.08. The van der Waals surface area contributed by atoms with Crippen LogP contribution in [0, 0.1) is 5.82 Å². The first-order valence-corrected chi connectivity index (χ1v) is 6.21. The maximum absolute atomic E-state index is 13.4. The number of oxime groups is 1. The number of nitrogens with one attached hydrogen (secondary N) is 1. The highest BCUT2D eigenvalue weighted by Gasteiger charge is 2.02. The van der Waals surface area contributed by atoms with E-state index in [1.807, 2.05) is 18.2 Å². The predicted octanol–water partition coefficient (Wildman–Crippen LogP) is 2.21. The summed E-state index contributed by atoms with van der Waals surface area (Å²) in [5.41, 5.74) is 7.79. The van der Waals surface area contributed by atoms with Crippen molar-refractivity contribution < 1.29 is 9.60 Å². The van der Waals surface area contributed by atoms with E-state index in [1.54, 1.807) is 24.3 Å². The van der Waals surface area contributed by atoms with Gasteiger partial charge in [0.05, 0.1) is 0 Å². The van der Waals surface area contributed by atoms with Crippen molar-refractivity contribution in [3.63, 3.8) is 0 Å². The molecule has 0 unspecified atom stereocenters.